The van der Waals surface area contributed by atoms with E-state index >= 15 is 0 Å². The molecular formula is C15H18BrClN2O. The Hall–Kier alpha value is -0.580. The first kappa shape index (κ1) is 14.4. The highest BCUT2D eigenvalue weighted by Gasteiger charge is 2.38. The van der Waals surface area contributed by atoms with Crippen molar-refractivity contribution >= 4 is 39.1 Å². The number of amides is 1. The number of carbonyl (C=O) groups is 1. The third-order valence-electron chi connectivity index (χ3n) is 4.37. The van der Waals surface area contributed by atoms with Crippen molar-refractivity contribution < 1.29 is 4.79 Å². The van der Waals surface area contributed by atoms with Crippen molar-refractivity contribution in [2.45, 2.75) is 44.2 Å². The van der Waals surface area contributed by atoms with Crippen LogP contribution in [0.25, 0.3) is 0 Å². The van der Waals surface area contributed by atoms with Gasteiger partial charge in [-0.1, -0.05) is 40.4 Å². The second kappa shape index (κ2) is 6.04. The van der Waals surface area contributed by atoms with Crippen molar-refractivity contribution in [3.8, 4) is 0 Å². The van der Waals surface area contributed by atoms with Crippen molar-refractivity contribution in [2.24, 2.45) is 5.92 Å². The smallest absolute Gasteiger partial charge is 0.241 e. The van der Waals surface area contributed by atoms with Crippen LogP contribution in [0.4, 0.5) is 5.69 Å². The van der Waals surface area contributed by atoms with Crippen molar-refractivity contribution in [1.82, 2.24) is 5.32 Å². The fourth-order valence-electron chi connectivity index (χ4n) is 3.33. The maximum atomic E-state index is 12.4. The van der Waals surface area contributed by atoms with Gasteiger partial charge in [-0.2, -0.15) is 0 Å². The highest BCUT2D eigenvalue weighted by atomic mass is 79.9. The molecule has 0 radical (unpaired) electrons. The van der Waals surface area contributed by atoms with E-state index in [0.717, 1.165) is 10.9 Å². The maximum absolute atomic E-state index is 12.4. The standard InChI is InChI=1S/C15H18BrClN2O/c16-10-5-6-11(17)13(8-10)19-15(20)14-7-9-3-1-2-4-12(9)18-14/h5-6,8-9,12,14,18H,1-4,7H2,(H,19,20). The van der Waals surface area contributed by atoms with Crippen LogP contribution in [0.1, 0.15) is 32.1 Å². The second-order valence-corrected chi connectivity index (χ2v) is 7.04. The fraction of sp³-hybridized carbons (Fsp3) is 0.533. The molecule has 1 amide bonds. The average Bonchev–Trinajstić information content (AvgIpc) is 2.87. The van der Waals surface area contributed by atoms with Gasteiger partial charge in [0.25, 0.3) is 0 Å². The Labute approximate surface area is 132 Å². The van der Waals surface area contributed by atoms with Gasteiger partial charge in [-0.15, -0.1) is 0 Å². The van der Waals surface area contributed by atoms with Crippen LogP contribution in [0.5, 0.6) is 0 Å². The molecule has 1 saturated heterocycles. The Balaban J connectivity index is 1.66. The van der Waals surface area contributed by atoms with Crippen molar-refractivity contribution in [3.05, 3.63) is 27.7 Å². The minimum atomic E-state index is -0.0850. The Morgan fingerprint density at radius 2 is 2.15 bits per heavy atom. The van der Waals surface area contributed by atoms with E-state index in [1.807, 2.05) is 12.1 Å². The van der Waals surface area contributed by atoms with Crippen LogP contribution < -0.4 is 10.6 Å². The SMILES string of the molecule is O=C(Nc1cc(Br)ccc1Cl)C1CC2CCCCC2N1. The van der Waals surface area contributed by atoms with Gasteiger partial charge < -0.3 is 10.6 Å². The summed E-state index contributed by atoms with van der Waals surface area (Å²) in [6.45, 7) is 0. The fourth-order valence-corrected chi connectivity index (χ4v) is 3.86. The van der Waals surface area contributed by atoms with Gasteiger partial charge in [0.05, 0.1) is 16.8 Å². The lowest BCUT2D eigenvalue weighted by Crippen LogP contribution is -2.39. The molecule has 0 spiro atoms. The predicted octanol–water partition coefficient (Wildman–Crippen LogP) is 3.96. The molecule has 0 aromatic heterocycles. The largest absolute Gasteiger partial charge is 0.323 e. The van der Waals surface area contributed by atoms with E-state index in [2.05, 4.69) is 26.6 Å². The number of halogens is 2. The monoisotopic (exact) mass is 356 g/mol. The lowest BCUT2D eigenvalue weighted by Gasteiger charge is -2.24. The number of rotatable bonds is 2. The summed E-state index contributed by atoms with van der Waals surface area (Å²) >= 11 is 9.51. The summed E-state index contributed by atoms with van der Waals surface area (Å²) in [6.07, 6.45) is 5.97. The minimum Gasteiger partial charge on any atom is -0.323 e. The van der Waals surface area contributed by atoms with Crippen LogP contribution >= 0.6 is 27.5 Å². The number of anilines is 1. The van der Waals surface area contributed by atoms with Crippen LogP contribution in [0, 0.1) is 5.92 Å². The molecule has 2 N–H and O–H groups in total. The highest BCUT2D eigenvalue weighted by molar-refractivity contribution is 9.10. The van der Waals surface area contributed by atoms with E-state index in [1.165, 1.54) is 25.7 Å². The molecule has 1 aliphatic carbocycles. The summed E-state index contributed by atoms with van der Waals surface area (Å²) in [4.78, 5) is 12.4. The zero-order valence-electron chi connectivity index (χ0n) is 11.2. The van der Waals surface area contributed by atoms with Crippen LogP contribution in [0.15, 0.2) is 22.7 Å². The molecule has 1 aliphatic heterocycles. The maximum Gasteiger partial charge on any atom is 0.241 e. The normalized spacial score (nSPS) is 29.0. The van der Waals surface area contributed by atoms with E-state index in [1.54, 1.807) is 6.07 Å². The van der Waals surface area contributed by atoms with Crippen LogP contribution in [0.3, 0.4) is 0 Å². The van der Waals surface area contributed by atoms with Gasteiger partial charge in [0.2, 0.25) is 5.91 Å². The van der Waals surface area contributed by atoms with Crippen molar-refractivity contribution in [3.63, 3.8) is 0 Å². The Bertz CT molecular complexity index is 509. The van der Waals surface area contributed by atoms with Crippen LogP contribution in [-0.2, 0) is 4.79 Å². The van der Waals surface area contributed by atoms with E-state index in [9.17, 15) is 4.79 Å². The predicted molar refractivity (Wildman–Crippen MR) is 85.1 cm³/mol. The molecule has 1 aromatic rings. The number of carbonyl (C=O) groups excluding carboxylic acids is 1. The summed E-state index contributed by atoms with van der Waals surface area (Å²) < 4.78 is 0.908. The molecule has 1 heterocycles. The molecule has 2 fully saturated rings. The minimum absolute atomic E-state index is 0.0272. The molecule has 3 rings (SSSR count). The first-order valence-corrected chi connectivity index (χ1v) is 8.32. The number of fused-ring (bicyclic) bond motifs is 1. The lowest BCUT2D eigenvalue weighted by atomic mass is 9.85. The van der Waals surface area contributed by atoms with Gasteiger partial charge in [-0.25, -0.2) is 0 Å². The molecule has 1 aromatic carbocycles. The van der Waals surface area contributed by atoms with Gasteiger partial charge in [0, 0.05) is 10.5 Å². The summed E-state index contributed by atoms with van der Waals surface area (Å²) in [5.41, 5.74) is 0.669. The number of hydrogen-bond donors (Lipinski definition) is 2. The molecule has 5 heteroatoms. The zero-order chi connectivity index (χ0) is 14.1. The zero-order valence-corrected chi connectivity index (χ0v) is 13.5. The van der Waals surface area contributed by atoms with Gasteiger partial charge in [0.15, 0.2) is 0 Å². The number of benzene rings is 1. The van der Waals surface area contributed by atoms with Crippen molar-refractivity contribution in [2.75, 3.05) is 5.32 Å². The summed E-state index contributed by atoms with van der Waals surface area (Å²) in [7, 11) is 0. The van der Waals surface area contributed by atoms with E-state index in [-0.39, 0.29) is 11.9 Å². The first-order chi connectivity index (χ1) is 9.63. The third kappa shape index (κ3) is 3.02. The molecule has 2 aliphatic rings. The first-order valence-electron chi connectivity index (χ1n) is 7.15. The molecule has 3 nitrogen and oxygen atoms in total. The summed E-state index contributed by atoms with van der Waals surface area (Å²) in [5, 5.41) is 6.99. The Kier molecular flexibility index (Phi) is 4.34. The number of hydrogen-bond acceptors (Lipinski definition) is 2. The number of nitrogens with one attached hydrogen (secondary N) is 2. The molecule has 0 bridgehead atoms. The van der Waals surface area contributed by atoms with Gasteiger partial charge in [-0.05, 0) is 43.4 Å². The summed E-state index contributed by atoms with van der Waals surface area (Å²) in [5.74, 6) is 0.692. The molecule has 3 unspecified atom stereocenters. The Morgan fingerprint density at radius 3 is 2.95 bits per heavy atom. The second-order valence-electron chi connectivity index (χ2n) is 5.72. The molecule has 1 saturated carbocycles. The van der Waals surface area contributed by atoms with Crippen LogP contribution in [0.2, 0.25) is 5.02 Å². The van der Waals surface area contributed by atoms with Gasteiger partial charge >= 0.3 is 0 Å². The third-order valence-corrected chi connectivity index (χ3v) is 5.19. The highest BCUT2D eigenvalue weighted by Crippen LogP contribution is 2.34. The van der Waals surface area contributed by atoms with E-state index < -0.39 is 0 Å². The molecule has 3 atom stereocenters. The molecule has 20 heavy (non-hydrogen) atoms. The summed E-state index contributed by atoms with van der Waals surface area (Å²) in [6, 6.07) is 5.92. The van der Waals surface area contributed by atoms with E-state index in [4.69, 9.17) is 11.6 Å². The average molecular weight is 358 g/mol. The molecular weight excluding hydrogens is 340 g/mol. The lowest BCUT2D eigenvalue weighted by molar-refractivity contribution is -0.117. The van der Waals surface area contributed by atoms with E-state index in [0.29, 0.717) is 22.7 Å². The quantitative estimate of drug-likeness (QED) is 0.841. The van der Waals surface area contributed by atoms with Crippen molar-refractivity contribution in [1.29, 1.82) is 0 Å². The van der Waals surface area contributed by atoms with Gasteiger partial charge in [0.1, 0.15) is 0 Å². The van der Waals surface area contributed by atoms with Gasteiger partial charge in [-0.3, -0.25) is 4.79 Å². The molecule has 108 valence electrons. The Morgan fingerprint density at radius 1 is 1.35 bits per heavy atom. The van der Waals surface area contributed by atoms with Crippen LogP contribution in [-0.4, -0.2) is 18.0 Å². The topological polar surface area (TPSA) is 41.1 Å².